The zero-order valence-electron chi connectivity index (χ0n) is 17.6. The van der Waals surface area contributed by atoms with Crippen LogP contribution in [-0.2, 0) is 20.9 Å². The molecule has 1 aromatic carbocycles. The van der Waals surface area contributed by atoms with Gasteiger partial charge < -0.3 is 20.5 Å². The van der Waals surface area contributed by atoms with E-state index < -0.39 is 30.1 Å². The molecular weight excluding hydrogens is 372 g/mol. The Morgan fingerprint density at radius 2 is 1.69 bits per heavy atom. The molecule has 0 radical (unpaired) electrons. The number of amides is 2. The molecule has 0 bridgehead atoms. The molecule has 7 heteroatoms. The van der Waals surface area contributed by atoms with Crippen LogP contribution in [0.3, 0.4) is 0 Å². The highest BCUT2D eigenvalue weighted by molar-refractivity contribution is 5.89. The number of ether oxygens (including phenoxy) is 1. The Hall–Kier alpha value is -2.57. The predicted octanol–water partition coefficient (Wildman–Crippen LogP) is 3.87. The molecule has 0 aromatic heterocycles. The van der Waals surface area contributed by atoms with Crippen molar-refractivity contribution in [1.82, 2.24) is 10.6 Å². The standard InChI is InChI=1S/C22H34N2O5/c1-4-5-6-10-13-18(21(26)27)23-20(25)19(14-16(2)3)24-22(28)29-15-17-11-8-7-9-12-17/h7-9,11-12,16,18-19H,4-6,10,13-15H2,1-3H3,(H,23,25)(H,24,28)(H,26,27)/t18-,19+/m1/s1. The van der Waals surface area contributed by atoms with Crippen molar-refractivity contribution in [2.75, 3.05) is 0 Å². The van der Waals surface area contributed by atoms with E-state index in [2.05, 4.69) is 17.6 Å². The molecule has 2 amide bonds. The highest BCUT2D eigenvalue weighted by Crippen LogP contribution is 2.09. The zero-order valence-corrected chi connectivity index (χ0v) is 17.6. The van der Waals surface area contributed by atoms with E-state index in [-0.39, 0.29) is 12.5 Å². The molecule has 0 spiro atoms. The first kappa shape index (κ1) is 24.5. The minimum Gasteiger partial charge on any atom is -0.480 e. The molecule has 0 saturated heterocycles. The third kappa shape index (κ3) is 10.5. The normalized spacial score (nSPS) is 12.8. The number of hydrogen-bond donors (Lipinski definition) is 3. The van der Waals surface area contributed by atoms with E-state index in [4.69, 9.17) is 4.74 Å². The maximum atomic E-state index is 12.6. The van der Waals surface area contributed by atoms with Gasteiger partial charge in [0.25, 0.3) is 0 Å². The lowest BCUT2D eigenvalue weighted by Gasteiger charge is -2.22. The molecule has 0 saturated carbocycles. The van der Waals surface area contributed by atoms with Crippen molar-refractivity contribution in [3.05, 3.63) is 35.9 Å². The molecule has 7 nitrogen and oxygen atoms in total. The number of carboxylic acid groups (broad SMARTS) is 1. The second-order valence-electron chi connectivity index (χ2n) is 7.64. The summed E-state index contributed by atoms with van der Waals surface area (Å²) in [5, 5.41) is 14.5. The summed E-state index contributed by atoms with van der Waals surface area (Å²) in [5.74, 6) is -1.43. The molecule has 0 unspecified atom stereocenters. The highest BCUT2D eigenvalue weighted by Gasteiger charge is 2.27. The van der Waals surface area contributed by atoms with Crippen molar-refractivity contribution < 1.29 is 24.2 Å². The summed E-state index contributed by atoms with van der Waals surface area (Å²) < 4.78 is 5.19. The van der Waals surface area contributed by atoms with Gasteiger partial charge in [0.1, 0.15) is 18.7 Å². The maximum absolute atomic E-state index is 12.6. The first-order valence-electron chi connectivity index (χ1n) is 10.3. The molecule has 162 valence electrons. The minimum absolute atomic E-state index is 0.0951. The van der Waals surface area contributed by atoms with Gasteiger partial charge in [0.2, 0.25) is 5.91 Å². The van der Waals surface area contributed by atoms with Crippen LogP contribution < -0.4 is 10.6 Å². The Morgan fingerprint density at radius 1 is 1.00 bits per heavy atom. The molecule has 1 rings (SSSR count). The van der Waals surface area contributed by atoms with Crippen LogP contribution in [0.2, 0.25) is 0 Å². The van der Waals surface area contributed by atoms with Gasteiger partial charge in [0.05, 0.1) is 0 Å². The highest BCUT2D eigenvalue weighted by atomic mass is 16.5. The molecule has 29 heavy (non-hydrogen) atoms. The van der Waals surface area contributed by atoms with Crippen molar-refractivity contribution >= 4 is 18.0 Å². The first-order valence-corrected chi connectivity index (χ1v) is 10.3. The molecule has 0 fully saturated rings. The third-order valence-electron chi connectivity index (χ3n) is 4.49. The summed E-state index contributed by atoms with van der Waals surface area (Å²) in [5.41, 5.74) is 0.838. The van der Waals surface area contributed by atoms with Gasteiger partial charge in [-0.1, -0.05) is 76.8 Å². The number of rotatable bonds is 13. The molecule has 3 N–H and O–H groups in total. The van der Waals surface area contributed by atoms with Gasteiger partial charge in [-0.2, -0.15) is 0 Å². The molecular formula is C22H34N2O5. The zero-order chi connectivity index (χ0) is 21.6. The van der Waals surface area contributed by atoms with E-state index in [1.807, 2.05) is 44.2 Å². The SMILES string of the molecule is CCCCCC[C@@H](NC(=O)[C@H](CC(C)C)NC(=O)OCc1ccccc1)C(=O)O. The molecule has 0 aliphatic heterocycles. The van der Waals surface area contributed by atoms with E-state index in [1.165, 1.54) is 0 Å². The van der Waals surface area contributed by atoms with E-state index in [9.17, 15) is 19.5 Å². The van der Waals surface area contributed by atoms with E-state index in [0.717, 1.165) is 31.2 Å². The Balaban J connectivity index is 2.62. The first-order chi connectivity index (χ1) is 13.8. The van der Waals surface area contributed by atoms with Gasteiger partial charge in [-0.15, -0.1) is 0 Å². The van der Waals surface area contributed by atoms with Gasteiger partial charge in [0, 0.05) is 0 Å². The van der Waals surface area contributed by atoms with Crippen molar-refractivity contribution in [3.63, 3.8) is 0 Å². The number of alkyl carbamates (subject to hydrolysis) is 1. The van der Waals surface area contributed by atoms with Gasteiger partial charge in [0.15, 0.2) is 0 Å². The average molecular weight is 407 g/mol. The van der Waals surface area contributed by atoms with Crippen molar-refractivity contribution in [3.8, 4) is 0 Å². The fourth-order valence-corrected chi connectivity index (χ4v) is 2.91. The Kier molecular flexibility index (Phi) is 11.5. The Labute approximate surface area is 173 Å². The van der Waals surface area contributed by atoms with E-state index in [0.29, 0.717) is 12.8 Å². The minimum atomic E-state index is -1.07. The number of benzene rings is 1. The molecule has 2 atom stereocenters. The Bertz CT molecular complexity index is 633. The maximum Gasteiger partial charge on any atom is 0.408 e. The molecule has 1 aromatic rings. The number of hydrogen-bond acceptors (Lipinski definition) is 4. The van der Waals surface area contributed by atoms with Crippen molar-refractivity contribution in [2.24, 2.45) is 5.92 Å². The lowest BCUT2D eigenvalue weighted by Crippen LogP contribution is -2.52. The average Bonchev–Trinajstić information content (AvgIpc) is 2.68. The number of nitrogens with one attached hydrogen (secondary N) is 2. The van der Waals surface area contributed by atoms with Gasteiger partial charge in [-0.05, 0) is 24.3 Å². The lowest BCUT2D eigenvalue weighted by molar-refractivity contribution is -0.142. The van der Waals surface area contributed by atoms with E-state index in [1.54, 1.807) is 0 Å². The van der Waals surface area contributed by atoms with Crippen molar-refractivity contribution in [1.29, 1.82) is 0 Å². The molecule has 0 heterocycles. The van der Waals surface area contributed by atoms with Crippen molar-refractivity contribution in [2.45, 2.75) is 78.0 Å². The summed E-state index contributed by atoms with van der Waals surface area (Å²) in [6.45, 7) is 6.03. The summed E-state index contributed by atoms with van der Waals surface area (Å²) >= 11 is 0. The number of carbonyl (C=O) groups excluding carboxylic acids is 2. The summed E-state index contributed by atoms with van der Waals surface area (Å²) in [7, 11) is 0. The quantitative estimate of drug-likeness (QED) is 0.431. The van der Waals surface area contributed by atoms with Crippen LogP contribution >= 0.6 is 0 Å². The fourth-order valence-electron chi connectivity index (χ4n) is 2.91. The summed E-state index contributed by atoms with van der Waals surface area (Å²) in [4.78, 5) is 36.3. The predicted molar refractivity (Wildman–Crippen MR) is 111 cm³/mol. The summed E-state index contributed by atoms with van der Waals surface area (Å²) in [6, 6.07) is 7.42. The second kappa shape index (κ2) is 13.6. The molecule has 0 aliphatic carbocycles. The topological polar surface area (TPSA) is 105 Å². The molecule has 0 aliphatic rings. The van der Waals surface area contributed by atoms with Crippen LogP contribution in [0.25, 0.3) is 0 Å². The largest absolute Gasteiger partial charge is 0.480 e. The number of carboxylic acids is 1. The smallest absolute Gasteiger partial charge is 0.408 e. The number of carbonyl (C=O) groups is 3. The lowest BCUT2D eigenvalue weighted by atomic mass is 10.0. The van der Waals surface area contributed by atoms with Crippen LogP contribution in [0.15, 0.2) is 30.3 Å². The van der Waals surface area contributed by atoms with Crippen LogP contribution in [0.1, 0.15) is 64.9 Å². The Morgan fingerprint density at radius 3 is 2.28 bits per heavy atom. The van der Waals surface area contributed by atoms with Crippen LogP contribution in [0.4, 0.5) is 4.79 Å². The summed E-state index contributed by atoms with van der Waals surface area (Å²) in [6.07, 6.45) is 3.79. The van der Waals surface area contributed by atoms with Gasteiger partial charge in [-0.25, -0.2) is 9.59 Å². The van der Waals surface area contributed by atoms with Crippen LogP contribution in [0.5, 0.6) is 0 Å². The third-order valence-corrected chi connectivity index (χ3v) is 4.49. The number of unbranched alkanes of at least 4 members (excludes halogenated alkanes) is 3. The van der Waals surface area contributed by atoms with E-state index >= 15 is 0 Å². The van der Waals surface area contributed by atoms with Gasteiger partial charge >= 0.3 is 12.1 Å². The fraction of sp³-hybridized carbons (Fsp3) is 0.591. The number of aliphatic carboxylic acids is 1. The second-order valence-corrected chi connectivity index (χ2v) is 7.64. The van der Waals surface area contributed by atoms with Crippen LogP contribution in [0, 0.1) is 5.92 Å². The van der Waals surface area contributed by atoms with Crippen LogP contribution in [-0.4, -0.2) is 35.2 Å². The monoisotopic (exact) mass is 406 g/mol. The van der Waals surface area contributed by atoms with Gasteiger partial charge in [-0.3, -0.25) is 4.79 Å².